The van der Waals surface area contributed by atoms with Gasteiger partial charge in [0.2, 0.25) is 11.8 Å². The minimum Gasteiger partial charge on any atom is -0.465 e. The van der Waals surface area contributed by atoms with E-state index >= 15 is 0 Å². The minimum absolute atomic E-state index is 0.153. The number of nitrogens with zero attached hydrogens (tertiary/aromatic N) is 3. The average Bonchev–Trinajstić information content (AvgIpc) is 3.01. The van der Waals surface area contributed by atoms with Gasteiger partial charge in [0.15, 0.2) is 0 Å². The van der Waals surface area contributed by atoms with Crippen molar-refractivity contribution in [2.24, 2.45) is 0 Å². The molecular weight excluding hydrogens is 384 g/mol. The van der Waals surface area contributed by atoms with Gasteiger partial charge in [-0.15, -0.1) is 0 Å². The molecule has 1 N–H and O–H groups in total. The summed E-state index contributed by atoms with van der Waals surface area (Å²) in [6.45, 7) is 8.10. The van der Waals surface area contributed by atoms with E-state index in [2.05, 4.69) is 28.1 Å². The Balaban J connectivity index is 1.58. The third kappa shape index (κ3) is 4.47. The molecule has 158 valence electrons. The molecule has 1 aliphatic heterocycles. The monoisotopic (exact) mass is 410 g/mol. The van der Waals surface area contributed by atoms with E-state index < -0.39 is 0 Å². The number of methoxy groups -OCH3 is 1. The van der Waals surface area contributed by atoms with Crippen LogP contribution in [0.5, 0.6) is 0 Å². The van der Waals surface area contributed by atoms with E-state index in [9.17, 15) is 14.9 Å². The summed E-state index contributed by atoms with van der Waals surface area (Å²) in [5.74, 6) is 0.284. The van der Waals surface area contributed by atoms with Gasteiger partial charge < -0.3 is 14.1 Å². The number of benzene rings is 1. The third-order valence-corrected chi connectivity index (χ3v) is 5.52. The molecule has 1 atom stereocenters. The van der Waals surface area contributed by atoms with Crippen LogP contribution in [0.2, 0.25) is 0 Å². The SMILES string of the molecule is COC(=O)c1ccc(N2CCN(CC(=O)Nc3oc(C)c(C)c3C#N)C(C)C2)cc1. The number of carbonyl (C=O) groups excluding carboxylic acids is 2. The van der Waals surface area contributed by atoms with Crippen molar-refractivity contribution >= 4 is 23.4 Å². The van der Waals surface area contributed by atoms with E-state index in [0.29, 0.717) is 23.4 Å². The number of ether oxygens (including phenoxy) is 1. The minimum atomic E-state index is -0.354. The van der Waals surface area contributed by atoms with Gasteiger partial charge in [0.05, 0.1) is 19.2 Å². The number of nitriles is 1. The van der Waals surface area contributed by atoms with Crippen molar-refractivity contribution in [1.29, 1.82) is 5.26 Å². The van der Waals surface area contributed by atoms with Crippen molar-refractivity contribution in [3.8, 4) is 6.07 Å². The zero-order valence-electron chi connectivity index (χ0n) is 17.7. The fourth-order valence-corrected chi connectivity index (χ4v) is 3.59. The second-order valence-electron chi connectivity index (χ2n) is 7.45. The van der Waals surface area contributed by atoms with Gasteiger partial charge >= 0.3 is 5.97 Å². The van der Waals surface area contributed by atoms with Crippen LogP contribution in [0.25, 0.3) is 0 Å². The van der Waals surface area contributed by atoms with Crippen molar-refractivity contribution in [2.45, 2.75) is 26.8 Å². The lowest BCUT2D eigenvalue weighted by Crippen LogP contribution is -2.53. The molecule has 0 radical (unpaired) electrons. The maximum absolute atomic E-state index is 12.5. The molecule has 2 aromatic rings. The lowest BCUT2D eigenvalue weighted by atomic mass is 10.1. The van der Waals surface area contributed by atoms with Crippen LogP contribution in [0.15, 0.2) is 28.7 Å². The van der Waals surface area contributed by atoms with Crippen LogP contribution in [0, 0.1) is 25.2 Å². The molecule has 1 amide bonds. The van der Waals surface area contributed by atoms with Crippen molar-refractivity contribution in [1.82, 2.24) is 4.90 Å². The van der Waals surface area contributed by atoms with E-state index in [1.807, 2.05) is 12.1 Å². The number of nitrogens with one attached hydrogen (secondary N) is 1. The number of carbonyl (C=O) groups is 2. The smallest absolute Gasteiger partial charge is 0.337 e. The Bertz CT molecular complexity index is 974. The predicted molar refractivity (Wildman–Crippen MR) is 113 cm³/mol. The molecule has 1 aliphatic rings. The van der Waals surface area contributed by atoms with Crippen molar-refractivity contribution in [3.63, 3.8) is 0 Å². The Morgan fingerprint density at radius 3 is 2.57 bits per heavy atom. The highest BCUT2D eigenvalue weighted by Crippen LogP contribution is 2.25. The lowest BCUT2D eigenvalue weighted by Gasteiger charge is -2.40. The quantitative estimate of drug-likeness (QED) is 0.757. The van der Waals surface area contributed by atoms with E-state index in [-0.39, 0.29) is 30.3 Å². The number of anilines is 2. The number of rotatable bonds is 5. The Morgan fingerprint density at radius 2 is 1.97 bits per heavy atom. The summed E-state index contributed by atoms with van der Waals surface area (Å²) in [5, 5.41) is 12.0. The normalized spacial score (nSPS) is 16.8. The predicted octanol–water partition coefficient (Wildman–Crippen LogP) is 2.70. The molecule has 1 unspecified atom stereocenters. The summed E-state index contributed by atoms with van der Waals surface area (Å²) in [6, 6.07) is 9.57. The van der Waals surface area contributed by atoms with Gasteiger partial charge in [0.1, 0.15) is 17.4 Å². The number of esters is 1. The number of aryl methyl sites for hydroxylation is 1. The molecule has 1 saturated heterocycles. The van der Waals surface area contributed by atoms with Crippen molar-refractivity contribution < 1.29 is 18.7 Å². The number of furan rings is 1. The summed E-state index contributed by atoms with van der Waals surface area (Å²) >= 11 is 0. The molecule has 0 saturated carbocycles. The van der Waals surface area contributed by atoms with Crippen LogP contribution in [0.3, 0.4) is 0 Å². The topological polar surface area (TPSA) is 98.8 Å². The first-order valence-corrected chi connectivity index (χ1v) is 9.81. The first kappa shape index (κ1) is 21.4. The molecule has 1 aromatic heterocycles. The fourth-order valence-electron chi connectivity index (χ4n) is 3.59. The van der Waals surface area contributed by atoms with Gasteiger partial charge in [0.25, 0.3) is 0 Å². The largest absolute Gasteiger partial charge is 0.465 e. The molecule has 2 heterocycles. The lowest BCUT2D eigenvalue weighted by molar-refractivity contribution is -0.118. The zero-order valence-corrected chi connectivity index (χ0v) is 17.7. The van der Waals surface area contributed by atoms with E-state index in [4.69, 9.17) is 9.15 Å². The van der Waals surface area contributed by atoms with Crippen molar-refractivity contribution in [2.75, 3.05) is 43.5 Å². The fraction of sp³-hybridized carbons (Fsp3) is 0.409. The molecule has 0 spiro atoms. The summed E-state index contributed by atoms with van der Waals surface area (Å²) < 4.78 is 10.3. The summed E-state index contributed by atoms with van der Waals surface area (Å²) in [7, 11) is 1.36. The molecule has 30 heavy (non-hydrogen) atoms. The Kier molecular flexibility index (Phi) is 6.43. The number of hydrogen-bond donors (Lipinski definition) is 1. The van der Waals surface area contributed by atoms with E-state index in [0.717, 1.165) is 24.3 Å². The highest BCUT2D eigenvalue weighted by molar-refractivity contribution is 5.92. The highest BCUT2D eigenvalue weighted by Gasteiger charge is 2.26. The Morgan fingerprint density at radius 1 is 1.27 bits per heavy atom. The average molecular weight is 410 g/mol. The number of amides is 1. The summed E-state index contributed by atoms with van der Waals surface area (Å²) in [6.07, 6.45) is 0. The van der Waals surface area contributed by atoms with Crippen LogP contribution in [0.1, 0.15) is 34.2 Å². The maximum atomic E-state index is 12.5. The Labute approximate surface area is 176 Å². The standard InChI is InChI=1S/C22H26N4O4/c1-14-12-26(18-7-5-17(6-8-18)22(28)29-4)10-9-25(14)13-20(27)24-21-19(11-23)15(2)16(3)30-21/h5-8,14H,9-10,12-13H2,1-4H3,(H,24,27). The molecule has 1 fully saturated rings. The second-order valence-corrected chi connectivity index (χ2v) is 7.45. The first-order chi connectivity index (χ1) is 14.3. The second kappa shape index (κ2) is 9.01. The Hall–Kier alpha value is -3.31. The van der Waals surface area contributed by atoms with Crippen molar-refractivity contribution in [3.05, 3.63) is 46.7 Å². The zero-order chi connectivity index (χ0) is 21.8. The van der Waals surface area contributed by atoms with Gasteiger partial charge in [-0.1, -0.05) is 0 Å². The molecular formula is C22H26N4O4. The van der Waals surface area contributed by atoms with Gasteiger partial charge in [-0.3, -0.25) is 15.0 Å². The highest BCUT2D eigenvalue weighted by atomic mass is 16.5. The van der Waals surface area contributed by atoms with Gasteiger partial charge in [0, 0.05) is 36.9 Å². The number of hydrogen-bond acceptors (Lipinski definition) is 7. The number of piperazine rings is 1. The van der Waals surface area contributed by atoms with Gasteiger partial charge in [-0.25, -0.2) is 4.79 Å². The van der Waals surface area contributed by atoms with Gasteiger partial charge in [-0.2, -0.15) is 5.26 Å². The molecule has 1 aromatic carbocycles. The van der Waals surface area contributed by atoms with Crippen LogP contribution < -0.4 is 10.2 Å². The van der Waals surface area contributed by atoms with Crippen LogP contribution >= 0.6 is 0 Å². The molecule has 0 bridgehead atoms. The summed E-state index contributed by atoms with van der Waals surface area (Å²) in [4.78, 5) is 28.4. The van der Waals surface area contributed by atoms with Crippen LogP contribution in [-0.4, -0.2) is 56.1 Å². The molecule has 8 heteroatoms. The van der Waals surface area contributed by atoms with E-state index in [1.54, 1.807) is 26.0 Å². The van der Waals surface area contributed by atoms with Crippen LogP contribution in [-0.2, 0) is 9.53 Å². The van der Waals surface area contributed by atoms with Gasteiger partial charge in [-0.05, 0) is 45.0 Å². The maximum Gasteiger partial charge on any atom is 0.337 e. The molecule has 0 aliphatic carbocycles. The molecule has 3 rings (SSSR count). The van der Waals surface area contributed by atoms with E-state index in [1.165, 1.54) is 7.11 Å². The van der Waals surface area contributed by atoms with Crippen LogP contribution in [0.4, 0.5) is 11.6 Å². The third-order valence-electron chi connectivity index (χ3n) is 5.52. The molecule has 8 nitrogen and oxygen atoms in total. The summed E-state index contributed by atoms with van der Waals surface area (Å²) in [5.41, 5.74) is 2.66. The first-order valence-electron chi connectivity index (χ1n) is 9.81.